The summed E-state index contributed by atoms with van der Waals surface area (Å²) in [7, 11) is 0. The van der Waals surface area contributed by atoms with Crippen molar-refractivity contribution < 1.29 is 9.53 Å². The molecule has 1 saturated heterocycles. The summed E-state index contributed by atoms with van der Waals surface area (Å²) in [5.41, 5.74) is 0. The smallest absolute Gasteiger partial charge is 0.200 e. The van der Waals surface area contributed by atoms with E-state index >= 15 is 0 Å². The Morgan fingerprint density at radius 1 is 1.59 bits per heavy atom. The molecule has 4 heteroatoms. The Hall–Kier alpha value is -1.16. The number of aromatic nitrogens is 2. The van der Waals surface area contributed by atoms with Gasteiger partial charge in [-0.3, -0.25) is 4.79 Å². The van der Waals surface area contributed by atoms with Crippen LogP contribution < -0.4 is 0 Å². The van der Waals surface area contributed by atoms with Crippen LogP contribution in [0.1, 0.15) is 49.6 Å². The zero-order valence-electron chi connectivity index (χ0n) is 10.4. The summed E-state index contributed by atoms with van der Waals surface area (Å²) >= 11 is 0. The van der Waals surface area contributed by atoms with Crippen molar-refractivity contribution in [3.05, 3.63) is 18.2 Å². The minimum Gasteiger partial charge on any atom is -0.378 e. The lowest BCUT2D eigenvalue weighted by Crippen LogP contribution is -2.24. The monoisotopic (exact) mass is 236 g/mol. The highest BCUT2D eigenvalue weighted by Crippen LogP contribution is 2.17. The van der Waals surface area contributed by atoms with E-state index in [0.29, 0.717) is 12.2 Å². The fourth-order valence-electron chi connectivity index (χ4n) is 2.25. The third kappa shape index (κ3) is 3.16. The van der Waals surface area contributed by atoms with Gasteiger partial charge in [0.25, 0.3) is 0 Å². The molecule has 2 rings (SSSR count). The van der Waals surface area contributed by atoms with Crippen LogP contribution in [-0.2, 0) is 11.3 Å². The van der Waals surface area contributed by atoms with Crippen LogP contribution in [0.15, 0.2) is 12.4 Å². The van der Waals surface area contributed by atoms with Gasteiger partial charge in [-0.15, -0.1) is 0 Å². The molecule has 94 valence electrons. The minimum absolute atomic E-state index is 0.100. The number of carbonyl (C=O) groups is 1. The third-order valence-corrected chi connectivity index (χ3v) is 3.12. The van der Waals surface area contributed by atoms with E-state index in [4.69, 9.17) is 4.74 Å². The van der Waals surface area contributed by atoms with Crippen molar-refractivity contribution in [3.8, 4) is 0 Å². The van der Waals surface area contributed by atoms with E-state index in [2.05, 4.69) is 11.9 Å². The van der Waals surface area contributed by atoms with E-state index in [0.717, 1.165) is 32.4 Å². The number of hydrogen-bond donors (Lipinski definition) is 0. The molecule has 2 heterocycles. The summed E-state index contributed by atoms with van der Waals surface area (Å²) in [6, 6.07) is 0. The number of hydrogen-bond acceptors (Lipinski definition) is 3. The molecule has 0 bridgehead atoms. The van der Waals surface area contributed by atoms with Gasteiger partial charge in [0.1, 0.15) is 0 Å². The lowest BCUT2D eigenvalue weighted by Gasteiger charge is -2.21. The molecule has 17 heavy (non-hydrogen) atoms. The molecule has 0 aliphatic carbocycles. The average molecular weight is 236 g/mol. The summed E-state index contributed by atoms with van der Waals surface area (Å²) < 4.78 is 7.52. The Kier molecular flexibility index (Phi) is 4.31. The Balaban J connectivity index is 1.96. The van der Waals surface area contributed by atoms with Gasteiger partial charge in [-0.1, -0.05) is 6.92 Å². The number of rotatable bonds is 5. The summed E-state index contributed by atoms with van der Waals surface area (Å²) in [5.74, 6) is 0.691. The third-order valence-electron chi connectivity index (χ3n) is 3.12. The molecule has 1 unspecified atom stereocenters. The summed E-state index contributed by atoms with van der Waals surface area (Å²) in [5, 5.41) is 0. The Bertz CT molecular complexity index is 367. The second kappa shape index (κ2) is 5.96. The van der Waals surface area contributed by atoms with Crippen LogP contribution in [0.5, 0.6) is 0 Å². The first-order valence-electron chi connectivity index (χ1n) is 6.47. The maximum Gasteiger partial charge on any atom is 0.200 e. The molecule has 0 spiro atoms. The first kappa shape index (κ1) is 12.3. The van der Waals surface area contributed by atoms with Crippen molar-refractivity contribution in [2.45, 2.75) is 51.7 Å². The molecule has 1 aromatic heterocycles. The van der Waals surface area contributed by atoms with Gasteiger partial charge in [0.2, 0.25) is 5.78 Å². The molecule has 1 fully saturated rings. The van der Waals surface area contributed by atoms with Gasteiger partial charge >= 0.3 is 0 Å². The van der Waals surface area contributed by atoms with Gasteiger partial charge < -0.3 is 9.30 Å². The number of ether oxygens (including phenoxy) is 1. The summed E-state index contributed by atoms with van der Waals surface area (Å²) in [6.45, 7) is 3.74. The molecule has 1 atom stereocenters. The minimum atomic E-state index is 0.100. The van der Waals surface area contributed by atoms with Crippen molar-refractivity contribution in [2.75, 3.05) is 6.61 Å². The maximum atomic E-state index is 12.1. The van der Waals surface area contributed by atoms with Gasteiger partial charge in [0, 0.05) is 32.0 Å². The van der Waals surface area contributed by atoms with Gasteiger partial charge in [-0.25, -0.2) is 4.98 Å². The highest BCUT2D eigenvalue weighted by molar-refractivity contribution is 5.93. The van der Waals surface area contributed by atoms with Crippen LogP contribution in [0.3, 0.4) is 0 Å². The molecular formula is C13H20N2O2. The number of aryl methyl sites for hydroxylation is 1. The normalized spacial score (nSPS) is 20.4. The van der Waals surface area contributed by atoms with E-state index < -0.39 is 0 Å². The molecule has 1 aliphatic heterocycles. The number of Topliss-reactive ketones (excluding diaryl/α,β-unsaturated/α-hetero) is 1. The topological polar surface area (TPSA) is 44.1 Å². The van der Waals surface area contributed by atoms with Crippen molar-refractivity contribution in [3.63, 3.8) is 0 Å². The quantitative estimate of drug-likeness (QED) is 0.737. The molecule has 1 aromatic rings. The van der Waals surface area contributed by atoms with Gasteiger partial charge in [0.05, 0.1) is 6.10 Å². The van der Waals surface area contributed by atoms with Crippen LogP contribution in [0.4, 0.5) is 0 Å². The summed E-state index contributed by atoms with van der Waals surface area (Å²) in [4.78, 5) is 16.3. The zero-order chi connectivity index (χ0) is 12.1. The van der Waals surface area contributed by atoms with Crippen molar-refractivity contribution in [1.29, 1.82) is 0 Å². The van der Waals surface area contributed by atoms with Crippen molar-refractivity contribution in [1.82, 2.24) is 9.55 Å². The van der Waals surface area contributed by atoms with Gasteiger partial charge in [-0.2, -0.15) is 0 Å². The largest absolute Gasteiger partial charge is 0.378 e. The molecular weight excluding hydrogens is 216 g/mol. The van der Waals surface area contributed by atoms with Gasteiger partial charge in [-0.05, 0) is 25.7 Å². The lowest BCUT2D eigenvalue weighted by molar-refractivity contribution is 0.0126. The Morgan fingerprint density at radius 3 is 3.18 bits per heavy atom. The Morgan fingerprint density at radius 2 is 2.47 bits per heavy atom. The average Bonchev–Trinajstić information content (AvgIpc) is 2.79. The Labute approximate surface area is 102 Å². The molecule has 0 amide bonds. The highest BCUT2D eigenvalue weighted by atomic mass is 16.5. The van der Waals surface area contributed by atoms with Gasteiger partial charge in [0.15, 0.2) is 5.82 Å². The van der Waals surface area contributed by atoms with E-state index in [-0.39, 0.29) is 11.9 Å². The van der Waals surface area contributed by atoms with E-state index in [1.54, 1.807) is 6.20 Å². The first-order chi connectivity index (χ1) is 8.31. The standard InChI is InChI=1S/C13H20N2O2/c1-2-7-15-8-6-14-13(15)12(16)10-11-5-3-4-9-17-11/h6,8,11H,2-5,7,9-10H2,1H3. The van der Waals surface area contributed by atoms with Crippen LogP contribution in [-0.4, -0.2) is 28.0 Å². The number of ketones is 1. The molecule has 4 nitrogen and oxygen atoms in total. The highest BCUT2D eigenvalue weighted by Gasteiger charge is 2.21. The number of imidazole rings is 1. The second-order valence-electron chi connectivity index (χ2n) is 4.56. The second-order valence-corrected chi connectivity index (χ2v) is 4.56. The number of nitrogens with zero attached hydrogens (tertiary/aromatic N) is 2. The van der Waals surface area contributed by atoms with Crippen molar-refractivity contribution >= 4 is 5.78 Å². The predicted molar refractivity (Wildman–Crippen MR) is 65.1 cm³/mol. The number of carbonyl (C=O) groups excluding carboxylic acids is 1. The maximum absolute atomic E-state index is 12.1. The van der Waals surface area contributed by atoms with E-state index in [9.17, 15) is 4.79 Å². The SMILES string of the molecule is CCCn1ccnc1C(=O)CC1CCCCO1. The van der Waals surface area contributed by atoms with Crippen LogP contribution in [0, 0.1) is 0 Å². The van der Waals surface area contributed by atoms with Crippen LogP contribution in [0.2, 0.25) is 0 Å². The lowest BCUT2D eigenvalue weighted by atomic mass is 10.0. The van der Waals surface area contributed by atoms with E-state index in [1.165, 1.54) is 6.42 Å². The molecule has 0 saturated carbocycles. The van der Waals surface area contributed by atoms with Crippen molar-refractivity contribution in [2.24, 2.45) is 0 Å². The predicted octanol–water partition coefficient (Wildman–Crippen LogP) is 2.44. The zero-order valence-corrected chi connectivity index (χ0v) is 10.4. The fourth-order valence-corrected chi connectivity index (χ4v) is 2.25. The molecule has 0 N–H and O–H groups in total. The van der Waals surface area contributed by atoms with Crippen LogP contribution in [0.25, 0.3) is 0 Å². The van der Waals surface area contributed by atoms with E-state index in [1.807, 2.05) is 10.8 Å². The summed E-state index contributed by atoms with van der Waals surface area (Å²) in [6.07, 6.45) is 8.44. The molecule has 0 aromatic carbocycles. The fraction of sp³-hybridized carbons (Fsp3) is 0.692. The first-order valence-corrected chi connectivity index (χ1v) is 6.47. The van der Waals surface area contributed by atoms with Crippen LogP contribution >= 0.6 is 0 Å². The molecule has 0 radical (unpaired) electrons. The molecule has 1 aliphatic rings.